The summed E-state index contributed by atoms with van der Waals surface area (Å²) in [5, 5.41) is 3.94. The van der Waals surface area contributed by atoms with E-state index < -0.39 is 0 Å². The third-order valence-corrected chi connectivity index (χ3v) is 5.25. The van der Waals surface area contributed by atoms with Crippen LogP contribution in [0.15, 0.2) is 28.8 Å². The average Bonchev–Trinajstić information content (AvgIpc) is 3.08. The minimum absolute atomic E-state index is 0.0113. The summed E-state index contributed by atoms with van der Waals surface area (Å²) in [6, 6.07) is 5.58. The zero-order valence-electron chi connectivity index (χ0n) is 17.4. The topological polar surface area (TPSA) is 74.0 Å². The summed E-state index contributed by atoms with van der Waals surface area (Å²) in [6.07, 6.45) is 5.41. The first-order chi connectivity index (χ1) is 14.0. The van der Waals surface area contributed by atoms with E-state index in [1.54, 1.807) is 26.4 Å². The van der Waals surface area contributed by atoms with Gasteiger partial charge in [0.1, 0.15) is 12.4 Å². The van der Waals surface area contributed by atoms with Crippen molar-refractivity contribution in [1.29, 1.82) is 0 Å². The Morgan fingerprint density at radius 1 is 1.24 bits per heavy atom. The molecule has 1 saturated heterocycles. The highest BCUT2D eigenvalue weighted by atomic mass is 16.5. The summed E-state index contributed by atoms with van der Waals surface area (Å²) in [5.74, 6) is 1.98. The Balaban J connectivity index is 1.62. The van der Waals surface area contributed by atoms with Crippen LogP contribution < -0.4 is 9.47 Å². The van der Waals surface area contributed by atoms with Crippen molar-refractivity contribution in [3.63, 3.8) is 0 Å². The van der Waals surface area contributed by atoms with Crippen LogP contribution >= 0.6 is 0 Å². The molecule has 1 amide bonds. The lowest BCUT2D eigenvalue weighted by molar-refractivity contribution is -0.128. The molecule has 2 heterocycles. The molecule has 156 valence electrons. The van der Waals surface area contributed by atoms with Crippen molar-refractivity contribution < 1.29 is 23.5 Å². The van der Waals surface area contributed by atoms with Crippen LogP contribution in [0.25, 0.3) is 6.08 Å². The zero-order valence-corrected chi connectivity index (χ0v) is 17.4. The highest BCUT2D eigenvalue weighted by Crippen LogP contribution is 2.30. The Bertz CT molecular complexity index is 847. The smallest absolute Gasteiger partial charge is 0.246 e. The predicted molar refractivity (Wildman–Crippen MR) is 109 cm³/mol. The molecular formula is C22H28N2O5. The molecule has 0 atom stereocenters. The Kier molecular flexibility index (Phi) is 6.93. The molecule has 1 aromatic carbocycles. The summed E-state index contributed by atoms with van der Waals surface area (Å²) >= 11 is 0. The van der Waals surface area contributed by atoms with Crippen LogP contribution in [-0.2, 0) is 16.1 Å². The lowest BCUT2D eigenvalue weighted by atomic mass is 10.1. The molecule has 1 aliphatic rings. The monoisotopic (exact) mass is 400 g/mol. The van der Waals surface area contributed by atoms with E-state index in [0.29, 0.717) is 18.1 Å². The second kappa shape index (κ2) is 9.60. The number of amides is 1. The lowest BCUT2D eigenvalue weighted by Crippen LogP contribution is -2.39. The van der Waals surface area contributed by atoms with Crippen molar-refractivity contribution in [2.45, 2.75) is 39.4 Å². The van der Waals surface area contributed by atoms with Crippen LogP contribution in [0.3, 0.4) is 0 Å². The Labute approximate surface area is 171 Å². The number of carbonyl (C=O) groups is 1. The minimum Gasteiger partial charge on any atom is -0.493 e. The molecule has 29 heavy (non-hydrogen) atoms. The number of carbonyl (C=O) groups excluding carboxylic acids is 1. The molecule has 7 heteroatoms. The van der Waals surface area contributed by atoms with E-state index in [-0.39, 0.29) is 12.0 Å². The van der Waals surface area contributed by atoms with Crippen molar-refractivity contribution in [1.82, 2.24) is 10.1 Å². The maximum Gasteiger partial charge on any atom is 0.246 e. The first-order valence-electron chi connectivity index (χ1n) is 9.74. The lowest BCUT2D eigenvalue weighted by Gasteiger charge is -2.30. The number of piperidine rings is 1. The molecule has 2 aromatic rings. The van der Waals surface area contributed by atoms with Crippen molar-refractivity contribution in [2.75, 3.05) is 27.3 Å². The zero-order chi connectivity index (χ0) is 20.8. The van der Waals surface area contributed by atoms with E-state index in [0.717, 1.165) is 48.5 Å². The average molecular weight is 400 g/mol. The van der Waals surface area contributed by atoms with E-state index >= 15 is 0 Å². The van der Waals surface area contributed by atoms with Crippen LogP contribution in [0.1, 0.15) is 35.4 Å². The van der Waals surface area contributed by atoms with Gasteiger partial charge in [-0.2, -0.15) is 0 Å². The molecule has 0 bridgehead atoms. The molecule has 0 saturated carbocycles. The number of aromatic nitrogens is 1. The second-order valence-electron chi connectivity index (χ2n) is 7.10. The van der Waals surface area contributed by atoms with Gasteiger partial charge < -0.3 is 23.6 Å². The predicted octanol–water partition coefficient (Wildman–Crippen LogP) is 3.53. The standard InChI is InChI=1S/C22H28N2O5/c1-15-19(16(2)29-23-15)14-28-20-7-5-17(13-21(20)27-4)6-8-22(25)24-11-9-18(26-3)10-12-24/h5-8,13,18H,9-12,14H2,1-4H3/b8-6+. The Hall–Kier alpha value is -2.80. The first-order valence-corrected chi connectivity index (χ1v) is 9.74. The molecule has 0 radical (unpaired) electrons. The molecule has 1 aromatic heterocycles. The van der Waals surface area contributed by atoms with Gasteiger partial charge in [-0.05, 0) is 50.5 Å². The highest BCUT2D eigenvalue weighted by molar-refractivity contribution is 5.91. The normalized spacial score (nSPS) is 15.1. The van der Waals surface area contributed by atoms with Gasteiger partial charge in [0.15, 0.2) is 11.5 Å². The summed E-state index contributed by atoms with van der Waals surface area (Å²) in [7, 11) is 3.31. The number of ether oxygens (including phenoxy) is 3. The number of benzene rings is 1. The molecule has 0 N–H and O–H groups in total. The van der Waals surface area contributed by atoms with Crippen LogP contribution in [0.2, 0.25) is 0 Å². The fourth-order valence-corrected chi connectivity index (χ4v) is 3.35. The quantitative estimate of drug-likeness (QED) is 0.662. The molecule has 0 spiro atoms. The van der Waals surface area contributed by atoms with Gasteiger partial charge in [0.2, 0.25) is 5.91 Å². The third kappa shape index (κ3) is 5.17. The maximum atomic E-state index is 12.4. The Morgan fingerprint density at radius 3 is 2.62 bits per heavy atom. The molecule has 3 rings (SSSR count). The van der Waals surface area contributed by atoms with E-state index in [4.69, 9.17) is 18.7 Å². The second-order valence-corrected chi connectivity index (χ2v) is 7.10. The van der Waals surface area contributed by atoms with Crippen molar-refractivity contribution in [2.24, 2.45) is 0 Å². The van der Waals surface area contributed by atoms with Gasteiger partial charge in [-0.25, -0.2) is 0 Å². The number of rotatable bonds is 7. The van der Waals surface area contributed by atoms with Crippen LogP contribution in [0.5, 0.6) is 11.5 Å². The van der Waals surface area contributed by atoms with Crippen LogP contribution in [0.4, 0.5) is 0 Å². The molecular weight excluding hydrogens is 372 g/mol. The van der Waals surface area contributed by atoms with Crippen molar-refractivity contribution in [3.8, 4) is 11.5 Å². The molecule has 0 aliphatic carbocycles. The van der Waals surface area contributed by atoms with Crippen molar-refractivity contribution >= 4 is 12.0 Å². The fraction of sp³-hybridized carbons (Fsp3) is 0.455. The number of aryl methyl sites for hydroxylation is 2. The highest BCUT2D eigenvalue weighted by Gasteiger charge is 2.21. The van der Waals surface area contributed by atoms with E-state index in [1.165, 1.54) is 0 Å². The number of hydrogen-bond acceptors (Lipinski definition) is 6. The fourth-order valence-electron chi connectivity index (χ4n) is 3.35. The third-order valence-electron chi connectivity index (χ3n) is 5.25. The molecule has 0 unspecified atom stereocenters. The van der Waals surface area contributed by atoms with E-state index in [1.807, 2.05) is 36.9 Å². The van der Waals surface area contributed by atoms with Gasteiger partial charge in [-0.3, -0.25) is 4.79 Å². The van der Waals surface area contributed by atoms with Gasteiger partial charge in [-0.15, -0.1) is 0 Å². The van der Waals surface area contributed by atoms with Gasteiger partial charge in [-0.1, -0.05) is 11.2 Å². The Morgan fingerprint density at radius 2 is 2.00 bits per heavy atom. The van der Waals surface area contributed by atoms with Gasteiger partial charge in [0.25, 0.3) is 0 Å². The van der Waals surface area contributed by atoms with E-state index in [9.17, 15) is 4.79 Å². The number of likely N-dealkylation sites (tertiary alicyclic amines) is 1. The van der Waals surface area contributed by atoms with Gasteiger partial charge >= 0.3 is 0 Å². The number of nitrogens with zero attached hydrogens (tertiary/aromatic N) is 2. The SMILES string of the molecule is COc1cc(/C=C/C(=O)N2CCC(OC)CC2)ccc1OCc1c(C)noc1C. The summed E-state index contributed by atoms with van der Waals surface area (Å²) in [5.41, 5.74) is 2.61. The first kappa shape index (κ1) is 20.9. The van der Waals surface area contributed by atoms with Crippen LogP contribution in [0, 0.1) is 13.8 Å². The van der Waals surface area contributed by atoms with Gasteiger partial charge in [0, 0.05) is 26.3 Å². The van der Waals surface area contributed by atoms with Gasteiger partial charge in [0.05, 0.1) is 24.5 Å². The number of methoxy groups -OCH3 is 2. The minimum atomic E-state index is 0.0113. The molecule has 1 aliphatic heterocycles. The van der Waals surface area contributed by atoms with Crippen molar-refractivity contribution in [3.05, 3.63) is 46.9 Å². The molecule has 7 nitrogen and oxygen atoms in total. The van der Waals surface area contributed by atoms with E-state index in [2.05, 4.69) is 5.16 Å². The molecule has 1 fully saturated rings. The largest absolute Gasteiger partial charge is 0.493 e. The summed E-state index contributed by atoms with van der Waals surface area (Å²) in [6.45, 7) is 5.54. The maximum absolute atomic E-state index is 12.4. The summed E-state index contributed by atoms with van der Waals surface area (Å²) < 4.78 is 21.9. The van der Waals surface area contributed by atoms with Crippen LogP contribution in [-0.4, -0.2) is 49.4 Å². The summed E-state index contributed by atoms with van der Waals surface area (Å²) in [4.78, 5) is 14.3. The number of hydrogen-bond donors (Lipinski definition) is 0.